The fourth-order valence-corrected chi connectivity index (χ4v) is 2.09. The van der Waals surface area contributed by atoms with Crippen molar-refractivity contribution in [3.63, 3.8) is 0 Å². The van der Waals surface area contributed by atoms with E-state index in [9.17, 15) is 14.6 Å². The van der Waals surface area contributed by atoms with E-state index in [1.807, 2.05) is 13.8 Å². The molecular formula is C14H21FO3. The van der Waals surface area contributed by atoms with Crippen molar-refractivity contribution < 1.29 is 19.3 Å². The summed E-state index contributed by atoms with van der Waals surface area (Å²) in [5.74, 6) is -0.404. The number of benzene rings is 1. The third kappa shape index (κ3) is 3.21. The van der Waals surface area contributed by atoms with Crippen LogP contribution in [0.25, 0.3) is 0 Å². The minimum absolute atomic E-state index is 0.00478. The lowest BCUT2D eigenvalue weighted by atomic mass is 9.89. The molecule has 3 nitrogen and oxygen atoms in total. The molecule has 0 aliphatic rings. The van der Waals surface area contributed by atoms with E-state index in [0.717, 1.165) is 12.8 Å². The van der Waals surface area contributed by atoms with Crippen LogP contribution >= 0.6 is 0 Å². The Morgan fingerprint density at radius 1 is 1.22 bits per heavy atom. The molecule has 2 atom stereocenters. The van der Waals surface area contributed by atoms with Crippen LogP contribution < -0.4 is 4.74 Å². The first-order valence-electron chi connectivity index (χ1n) is 6.24. The average Bonchev–Trinajstić information content (AvgIpc) is 2.39. The van der Waals surface area contributed by atoms with E-state index in [-0.39, 0.29) is 11.7 Å². The monoisotopic (exact) mass is 256 g/mol. The molecule has 1 aromatic carbocycles. The maximum Gasteiger partial charge on any atom is 0.165 e. The third-order valence-electron chi connectivity index (χ3n) is 3.37. The largest absolute Gasteiger partial charge is 0.494 e. The van der Waals surface area contributed by atoms with E-state index in [4.69, 9.17) is 4.74 Å². The van der Waals surface area contributed by atoms with Crippen LogP contribution in [-0.2, 0) is 0 Å². The molecule has 0 aliphatic heterocycles. The Bertz CT molecular complexity index is 377. The molecule has 2 unspecified atom stereocenters. The Morgan fingerprint density at radius 2 is 1.83 bits per heavy atom. The van der Waals surface area contributed by atoms with Crippen molar-refractivity contribution in [3.05, 3.63) is 29.6 Å². The molecule has 0 aromatic heterocycles. The number of aliphatic hydroxyl groups excluding tert-OH is 2. The smallest absolute Gasteiger partial charge is 0.165 e. The SMILES string of the molecule is CCC(CC)C(O)C(O)c1ccc(OC)c(F)c1. The van der Waals surface area contributed by atoms with Crippen LogP contribution in [0.15, 0.2) is 18.2 Å². The van der Waals surface area contributed by atoms with Crippen molar-refractivity contribution in [1.82, 2.24) is 0 Å². The highest BCUT2D eigenvalue weighted by Gasteiger charge is 2.25. The van der Waals surface area contributed by atoms with Crippen LogP contribution in [0.1, 0.15) is 38.4 Å². The van der Waals surface area contributed by atoms with E-state index >= 15 is 0 Å². The molecular weight excluding hydrogens is 235 g/mol. The van der Waals surface area contributed by atoms with Gasteiger partial charge >= 0.3 is 0 Å². The first kappa shape index (κ1) is 14.9. The van der Waals surface area contributed by atoms with Crippen LogP contribution in [0.3, 0.4) is 0 Å². The number of halogens is 1. The molecule has 0 fully saturated rings. The van der Waals surface area contributed by atoms with Gasteiger partial charge in [0.05, 0.1) is 13.2 Å². The van der Waals surface area contributed by atoms with Gasteiger partial charge in [-0.05, 0) is 23.6 Å². The fourth-order valence-electron chi connectivity index (χ4n) is 2.09. The third-order valence-corrected chi connectivity index (χ3v) is 3.37. The van der Waals surface area contributed by atoms with Gasteiger partial charge in [0.15, 0.2) is 11.6 Å². The van der Waals surface area contributed by atoms with Gasteiger partial charge in [-0.15, -0.1) is 0 Å². The zero-order valence-electron chi connectivity index (χ0n) is 11.1. The summed E-state index contributed by atoms with van der Waals surface area (Å²) < 4.78 is 18.3. The maximum atomic E-state index is 13.5. The molecule has 0 saturated heterocycles. The summed E-state index contributed by atoms with van der Waals surface area (Å²) in [5.41, 5.74) is 0.368. The van der Waals surface area contributed by atoms with Crippen molar-refractivity contribution >= 4 is 0 Å². The first-order chi connectivity index (χ1) is 8.54. The molecule has 0 saturated carbocycles. The quantitative estimate of drug-likeness (QED) is 0.822. The van der Waals surface area contributed by atoms with Gasteiger partial charge in [-0.25, -0.2) is 4.39 Å². The molecule has 0 radical (unpaired) electrons. The van der Waals surface area contributed by atoms with E-state index in [1.54, 1.807) is 6.07 Å². The summed E-state index contributed by atoms with van der Waals surface area (Å²) in [6.45, 7) is 3.91. The normalized spacial score (nSPS) is 14.6. The van der Waals surface area contributed by atoms with Gasteiger partial charge < -0.3 is 14.9 Å². The molecule has 18 heavy (non-hydrogen) atoms. The predicted octanol–water partition coefficient (Wildman–Crippen LogP) is 2.66. The fraction of sp³-hybridized carbons (Fsp3) is 0.571. The number of hydrogen-bond donors (Lipinski definition) is 2. The molecule has 0 amide bonds. The molecule has 0 spiro atoms. The van der Waals surface area contributed by atoms with Crippen molar-refractivity contribution in [2.24, 2.45) is 5.92 Å². The van der Waals surface area contributed by atoms with E-state index in [2.05, 4.69) is 0 Å². The number of aliphatic hydroxyl groups is 2. The summed E-state index contributed by atoms with van der Waals surface area (Å²) in [4.78, 5) is 0. The highest BCUT2D eigenvalue weighted by atomic mass is 19.1. The first-order valence-corrected chi connectivity index (χ1v) is 6.24. The predicted molar refractivity (Wildman–Crippen MR) is 68.0 cm³/mol. The van der Waals surface area contributed by atoms with Gasteiger partial charge in [0.2, 0.25) is 0 Å². The second-order valence-electron chi connectivity index (χ2n) is 4.41. The van der Waals surface area contributed by atoms with Crippen LogP contribution in [0.4, 0.5) is 4.39 Å². The molecule has 0 bridgehead atoms. The van der Waals surface area contributed by atoms with Crippen molar-refractivity contribution in [2.75, 3.05) is 7.11 Å². The Labute approximate surface area is 107 Å². The Hall–Kier alpha value is -1.13. The molecule has 2 N–H and O–H groups in total. The lowest BCUT2D eigenvalue weighted by molar-refractivity contribution is -0.0211. The van der Waals surface area contributed by atoms with Crippen LogP contribution in [-0.4, -0.2) is 23.4 Å². The summed E-state index contributed by atoms with van der Waals surface area (Å²) >= 11 is 0. The molecule has 4 heteroatoms. The second kappa shape index (κ2) is 6.71. The Kier molecular flexibility index (Phi) is 5.56. The van der Waals surface area contributed by atoms with Gasteiger partial charge in [0.1, 0.15) is 6.10 Å². The second-order valence-corrected chi connectivity index (χ2v) is 4.41. The van der Waals surface area contributed by atoms with Gasteiger partial charge in [-0.2, -0.15) is 0 Å². The highest BCUT2D eigenvalue weighted by Crippen LogP contribution is 2.28. The maximum absolute atomic E-state index is 13.5. The number of rotatable bonds is 6. The number of methoxy groups -OCH3 is 1. The number of hydrogen-bond acceptors (Lipinski definition) is 3. The van der Waals surface area contributed by atoms with Gasteiger partial charge in [0.25, 0.3) is 0 Å². The Morgan fingerprint density at radius 3 is 2.28 bits per heavy atom. The molecule has 102 valence electrons. The summed E-state index contributed by atoms with van der Waals surface area (Å²) in [6.07, 6.45) is -0.413. The number of ether oxygens (including phenoxy) is 1. The standard InChI is InChI=1S/C14H21FO3/c1-4-9(5-2)13(16)14(17)10-6-7-12(18-3)11(15)8-10/h6-9,13-14,16-17H,4-5H2,1-3H3. The Balaban J connectivity index is 2.89. The van der Waals surface area contributed by atoms with Crippen LogP contribution in [0.2, 0.25) is 0 Å². The van der Waals surface area contributed by atoms with Crippen molar-refractivity contribution in [3.8, 4) is 5.75 Å². The van der Waals surface area contributed by atoms with Gasteiger partial charge in [-0.1, -0.05) is 32.8 Å². The summed E-state index contributed by atoms with van der Waals surface area (Å²) in [7, 11) is 1.38. The average molecular weight is 256 g/mol. The zero-order chi connectivity index (χ0) is 13.7. The lowest BCUT2D eigenvalue weighted by Gasteiger charge is -2.25. The topological polar surface area (TPSA) is 49.7 Å². The van der Waals surface area contributed by atoms with Crippen molar-refractivity contribution in [1.29, 1.82) is 0 Å². The molecule has 1 aromatic rings. The van der Waals surface area contributed by atoms with Gasteiger partial charge in [0, 0.05) is 0 Å². The van der Waals surface area contributed by atoms with Crippen LogP contribution in [0.5, 0.6) is 5.75 Å². The minimum atomic E-state index is -1.07. The molecule has 1 rings (SSSR count). The molecule has 0 aliphatic carbocycles. The lowest BCUT2D eigenvalue weighted by Crippen LogP contribution is -2.27. The minimum Gasteiger partial charge on any atom is -0.494 e. The van der Waals surface area contributed by atoms with E-state index < -0.39 is 18.0 Å². The highest BCUT2D eigenvalue weighted by molar-refractivity contribution is 5.30. The summed E-state index contributed by atoms with van der Waals surface area (Å²) in [6, 6.07) is 4.22. The van der Waals surface area contributed by atoms with E-state index in [0.29, 0.717) is 5.56 Å². The van der Waals surface area contributed by atoms with Gasteiger partial charge in [-0.3, -0.25) is 0 Å². The van der Waals surface area contributed by atoms with E-state index in [1.165, 1.54) is 19.2 Å². The summed E-state index contributed by atoms with van der Waals surface area (Å²) in [5, 5.41) is 20.1. The molecule has 0 heterocycles. The zero-order valence-corrected chi connectivity index (χ0v) is 11.1. The van der Waals surface area contributed by atoms with Crippen molar-refractivity contribution in [2.45, 2.75) is 38.9 Å². The van der Waals surface area contributed by atoms with Crippen LogP contribution in [0, 0.1) is 11.7 Å².